The Bertz CT molecular complexity index is 97.2. The minimum atomic E-state index is -0.132. The average molecular weight is 168 g/mol. The molecule has 0 aliphatic rings. The van der Waals surface area contributed by atoms with Crippen LogP contribution in [0.3, 0.4) is 0 Å². The Morgan fingerprint density at radius 2 is 2.22 bits per heavy atom. The van der Waals surface area contributed by atoms with Crippen molar-refractivity contribution in [1.82, 2.24) is 5.32 Å². The van der Waals surface area contributed by atoms with Crippen molar-refractivity contribution in [3.05, 3.63) is 11.6 Å². The highest BCUT2D eigenvalue weighted by atomic mass is 35.5. The van der Waals surface area contributed by atoms with E-state index in [9.17, 15) is 0 Å². The normalized spacial score (nSPS) is 12.9. The largest absolute Gasteiger partial charge is 0.285 e. The quantitative estimate of drug-likeness (QED) is 0.387. The fourth-order valence-corrected chi connectivity index (χ4v) is 1.000. The van der Waals surface area contributed by atoms with Gasteiger partial charge in [0.2, 0.25) is 0 Å². The van der Waals surface area contributed by atoms with E-state index in [1.165, 1.54) is 5.57 Å². The van der Waals surface area contributed by atoms with Gasteiger partial charge in [-0.05, 0) is 13.8 Å². The van der Waals surface area contributed by atoms with E-state index in [4.69, 9.17) is 23.2 Å². The third-order valence-electron chi connectivity index (χ3n) is 0.752. The molecule has 0 bridgehead atoms. The Morgan fingerprint density at radius 3 is 2.56 bits per heavy atom. The Kier molecular flexibility index (Phi) is 5.25. The Balaban J connectivity index is 3.49. The Hall–Kier alpha value is 0.280. The lowest BCUT2D eigenvalue weighted by Crippen LogP contribution is -2.19. The molecule has 0 amide bonds. The molecule has 0 aliphatic heterocycles. The van der Waals surface area contributed by atoms with E-state index in [0.717, 1.165) is 0 Å². The van der Waals surface area contributed by atoms with Crippen LogP contribution in [0.25, 0.3) is 0 Å². The van der Waals surface area contributed by atoms with E-state index in [1.54, 1.807) is 0 Å². The molecule has 0 aliphatic carbocycles. The molecule has 0 heterocycles. The molecule has 0 fully saturated rings. The third-order valence-corrected chi connectivity index (χ3v) is 1.19. The number of rotatable bonds is 3. The van der Waals surface area contributed by atoms with Gasteiger partial charge in [0.15, 0.2) is 0 Å². The first-order chi connectivity index (χ1) is 4.16. The van der Waals surface area contributed by atoms with Crippen LogP contribution in [0.1, 0.15) is 13.8 Å². The molecule has 0 saturated carbocycles. The second kappa shape index (κ2) is 5.10. The third kappa shape index (κ3) is 6.16. The zero-order valence-corrected chi connectivity index (χ0v) is 7.13. The summed E-state index contributed by atoms with van der Waals surface area (Å²) in [4.78, 5) is 0. The summed E-state index contributed by atoms with van der Waals surface area (Å²) in [5.74, 6) is 0. The molecule has 0 aromatic carbocycles. The van der Waals surface area contributed by atoms with Crippen LogP contribution in [0.2, 0.25) is 0 Å². The van der Waals surface area contributed by atoms with Gasteiger partial charge >= 0.3 is 0 Å². The van der Waals surface area contributed by atoms with Gasteiger partial charge in [0.1, 0.15) is 5.50 Å². The molecule has 1 N–H and O–H groups in total. The summed E-state index contributed by atoms with van der Waals surface area (Å²) >= 11 is 11.1. The van der Waals surface area contributed by atoms with Crippen LogP contribution in [0, 0.1) is 0 Å². The molecule has 0 aromatic rings. The average Bonchev–Trinajstić information content (AvgIpc) is 1.63. The van der Waals surface area contributed by atoms with Gasteiger partial charge in [0.25, 0.3) is 0 Å². The van der Waals surface area contributed by atoms with Crippen molar-refractivity contribution in [1.29, 1.82) is 0 Å². The van der Waals surface area contributed by atoms with Crippen LogP contribution in [0.4, 0.5) is 0 Å². The summed E-state index contributed by atoms with van der Waals surface area (Å²) in [6, 6.07) is 0.387. The Morgan fingerprint density at radius 1 is 1.67 bits per heavy atom. The number of hydrogen-bond acceptors (Lipinski definition) is 1. The molecule has 1 nitrogen and oxygen atoms in total. The number of allylic oxidation sites excluding steroid dienone is 1. The standard InChI is InChI=1S/C6H11Cl2N/c1-5(2)3-6(8)9-4-7/h3,6,9H,4H2,1-2H3/t6-/m1/s1. The van der Waals surface area contributed by atoms with Crippen LogP contribution >= 0.6 is 23.2 Å². The minimum absolute atomic E-state index is 0.132. The zero-order chi connectivity index (χ0) is 7.28. The van der Waals surface area contributed by atoms with Crippen molar-refractivity contribution in [3.63, 3.8) is 0 Å². The monoisotopic (exact) mass is 167 g/mol. The van der Waals surface area contributed by atoms with E-state index < -0.39 is 0 Å². The summed E-state index contributed by atoms with van der Waals surface area (Å²) < 4.78 is 0. The van der Waals surface area contributed by atoms with Gasteiger partial charge in [0, 0.05) is 0 Å². The maximum absolute atomic E-state index is 5.70. The SMILES string of the molecule is CC(C)=C[C@H](Cl)NCCl. The predicted molar refractivity (Wildman–Crippen MR) is 42.9 cm³/mol. The van der Waals surface area contributed by atoms with Crippen LogP contribution in [0.5, 0.6) is 0 Å². The molecule has 0 spiro atoms. The van der Waals surface area contributed by atoms with Crippen molar-refractivity contribution in [2.75, 3.05) is 6.00 Å². The minimum Gasteiger partial charge on any atom is -0.285 e. The van der Waals surface area contributed by atoms with Crippen molar-refractivity contribution in [3.8, 4) is 0 Å². The number of nitrogens with one attached hydrogen (secondary N) is 1. The summed E-state index contributed by atoms with van der Waals surface area (Å²) in [6.07, 6.45) is 1.91. The zero-order valence-electron chi connectivity index (χ0n) is 5.62. The fourth-order valence-electron chi connectivity index (χ4n) is 0.425. The molecular formula is C6H11Cl2N. The molecule has 0 saturated heterocycles. The van der Waals surface area contributed by atoms with Gasteiger partial charge in [-0.1, -0.05) is 11.6 Å². The first kappa shape index (κ1) is 9.28. The maximum atomic E-state index is 5.70. The molecule has 0 aromatic heterocycles. The predicted octanol–water partition coefficient (Wildman–Crippen LogP) is 2.30. The van der Waals surface area contributed by atoms with Crippen molar-refractivity contribution in [2.45, 2.75) is 19.3 Å². The lowest BCUT2D eigenvalue weighted by atomic mass is 10.3. The van der Waals surface area contributed by atoms with Crippen LogP contribution < -0.4 is 5.32 Å². The number of alkyl halides is 2. The van der Waals surface area contributed by atoms with Gasteiger partial charge < -0.3 is 0 Å². The van der Waals surface area contributed by atoms with Crippen molar-refractivity contribution < 1.29 is 0 Å². The van der Waals surface area contributed by atoms with Gasteiger partial charge in [-0.15, -0.1) is 23.2 Å². The summed E-state index contributed by atoms with van der Waals surface area (Å²) in [7, 11) is 0. The van der Waals surface area contributed by atoms with Gasteiger partial charge in [-0.2, -0.15) is 0 Å². The van der Waals surface area contributed by atoms with Crippen LogP contribution in [-0.2, 0) is 0 Å². The highest BCUT2D eigenvalue weighted by Crippen LogP contribution is 1.98. The molecule has 0 rings (SSSR count). The fraction of sp³-hybridized carbons (Fsp3) is 0.667. The highest BCUT2D eigenvalue weighted by molar-refractivity contribution is 6.22. The summed E-state index contributed by atoms with van der Waals surface area (Å²) in [6.45, 7) is 3.98. The lowest BCUT2D eigenvalue weighted by Gasteiger charge is -2.02. The molecular weight excluding hydrogens is 157 g/mol. The first-order valence-electron chi connectivity index (χ1n) is 2.75. The lowest BCUT2D eigenvalue weighted by molar-refractivity contribution is 0.821. The van der Waals surface area contributed by atoms with E-state index in [1.807, 2.05) is 19.9 Å². The highest BCUT2D eigenvalue weighted by Gasteiger charge is 1.94. The van der Waals surface area contributed by atoms with Crippen LogP contribution in [0.15, 0.2) is 11.6 Å². The molecule has 1 atom stereocenters. The molecule has 0 unspecified atom stereocenters. The van der Waals surface area contributed by atoms with Gasteiger partial charge in [0.05, 0.1) is 6.00 Å². The van der Waals surface area contributed by atoms with E-state index in [0.29, 0.717) is 6.00 Å². The number of halogens is 2. The second-order valence-corrected chi connectivity index (χ2v) is 2.72. The summed E-state index contributed by atoms with van der Waals surface area (Å²) in [5, 5.41) is 2.83. The molecule has 3 heteroatoms. The van der Waals surface area contributed by atoms with Gasteiger partial charge in [-0.25, -0.2) is 0 Å². The molecule has 54 valence electrons. The van der Waals surface area contributed by atoms with Crippen molar-refractivity contribution >= 4 is 23.2 Å². The van der Waals surface area contributed by atoms with E-state index >= 15 is 0 Å². The van der Waals surface area contributed by atoms with Crippen molar-refractivity contribution in [2.24, 2.45) is 0 Å². The number of hydrogen-bond donors (Lipinski definition) is 1. The Labute approximate surface area is 66.0 Å². The van der Waals surface area contributed by atoms with Gasteiger partial charge in [-0.3, -0.25) is 5.32 Å². The van der Waals surface area contributed by atoms with E-state index in [2.05, 4.69) is 5.32 Å². The van der Waals surface area contributed by atoms with E-state index in [-0.39, 0.29) is 5.50 Å². The molecule has 9 heavy (non-hydrogen) atoms. The maximum Gasteiger partial charge on any atom is 0.102 e. The topological polar surface area (TPSA) is 12.0 Å². The summed E-state index contributed by atoms with van der Waals surface area (Å²) in [5.41, 5.74) is 1.06. The molecule has 0 radical (unpaired) electrons. The van der Waals surface area contributed by atoms with Crippen LogP contribution in [-0.4, -0.2) is 11.5 Å². The first-order valence-corrected chi connectivity index (χ1v) is 3.72. The second-order valence-electron chi connectivity index (χ2n) is 1.98. The smallest absolute Gasteiger partial charge is 0.102 e.